The van der Waals surface area contributed by atoms with Crippen LogP contribution in [-0.2, 0) is 19.1 Å². The Morgan fingerprint density at radius 1 is 0.500 bits per heavy atom. The van der Waals surface area contributed by atoms with Gasteiger partial charge in [-0.2, -0.15) is 0 Å². The number of hydrogen-bond donors (Lipinski definition) is 0. The molecule has 0 aromatic carbocycles. The van der Waals surface area contributed by atoms with Crippen LogP contribution in [0.5, 0.6) is 0 Å². The Kier molecular flexibility index (Phi) is 16.9. The lowest BCUT2D eigenvalue weighted by atomic mass is 9.75. The second kappa shape index (κ2) is 19.7. The van der Waals surface area contributed by atoms with Gasteiger partial charge in [0.05, 0.1) is 24.4 Å². The van der Waals surface area contributed by atoms with E-state index >= 15 is 0 Å². The van der Waals surface area contributed by atoms with Gasteiger partial charge in [-0.25, -0.2) is 9.59 Å². The van der Waals surface area contributed by atoms with Crippen LogP contribution < -0.4 is 0 Å². The van der Waals surface area contributed by atoms with Crippen molar-refractivity contribution in [2.45, 2.75) is 155 Å². The molecule has 0 N–H and O–H groups in total. The molecule has 4 heteroatoms. The zero-order valence-electron chi connectivity index (χ0n) is 23.8. The Labute approximate surface area is 222 Å². The van der Waals surface area contributed by atoms with Crippen molar-refractivity contribution in [3.8, 4) is 0 Å². The van der Waals surface area contributed by atoms with Crippen molar-refractivity contribution < 1.29 is 19.1 Å². The molecule has 0 radical (unpaired) electrons. The minimum absolute atomic E-state index is 0.148. The number of hydrogen-bond acceptors (Lipinski definition) is 4. The standard InChI is InChI=1S/C32H56O4/c1-3-5-7-9-11-19-25-35-31(33)29(27-21-15-13-16-22-27)30(28-23-17-14-18-24-28)32(34)36-26-20-12-10-8-6-4-2/h27-28H,3-26H2,1-2H3/b30-29-. The number of carbonyl (C=O) groups is 2. The van der Waals surface area contributed by atoms with Crippen molar-refractivity contribution in [2.75, 3.05) is 13.2 Å². The summed E-state index contributed by atoms with van der Waals surface area (Å²) in [5.74, 6) is -0.163. The van der Waals surface area contributed by atoms with E-state index < -0.39 is 0 Å². The van der Waals surface area contributed by atoms with Crippen LogP contribution in [0.25, 0.3) is 0 Å². The van der Waals surface area contributed by atoms with E-state index in [2.05, 4.69) is 13.8 Å². The highest BCUT2D eigenvalue weighted by Crippen LogP contribution is 2.39. The van der Waals surface area contributed by atoms with Crippen LogP contribution in [0.15, 0.2) is 11.1 Å². The highest BCUT2D eigenvalue weighted by molar-refractivity contribution is 6.01. The van der Waals surface area contributed by atoms with Gasteiger partial charge in [0.25, 0.3) is 0 Å². The van der Waals surface area contributed by atoms with Gasteiger partial charge in [-0.3, -0.25) is 0 Å². The maximum Gasteiger partial charge on any atom is 0.334 e. The van der Waals surface area contributed by atoms with Crippen molar-refractivity contribution in [1.29, 1.82) is 0 Å². The predicted octanol–water partition coefficient (Wildman–Crippen LogP) is 9.25. The fourth-order valence-electron chi connectivity index (χ4n) is 6.03. The van der Waals surface area contributed by atoms with Crippen LogP contribution in [0, 0.1) is 11.8 Å². The van der Waals surface area contributed by atoms with Crippen molar-refractivity contribution in [1.82, 2.24) is 0 Å². The normalized spacial score (nSPS) is 18.1. The quantitative estimate of drug-likeness (QED) is 0.106. The van der Waals surface area contributed by atoms with Crippen molar-refractivity contribution in [2.24, 2.45) is 11.8 Å². The van der Waals surface area contributed by atoms with E-state index in [4.69, 9.17) is 9.47 Å². The van der Waals surface area contributed by atoms with Gasteiger partial charge >= 0.3 is 11.9 Å². The zero-order chi connectivity index (χ0) is 25.8. The molecule has 0 amide bonds. The van der Waals surface area contributed by atoms with Gasteiger partial charge in [0.1, 0.15) is 0 Å². The summed E-state index contributed by atoms with van der Waals surface area (Å²) in [6, 6.07) is 0. The molecule has 0 unspecified atom stereocenters. The Morgan fingerprint density at radius 3 is 1.19 bits per heavy atom. The highest BCUT2D eigenvalue weighted by Gasteiger charge is 2.35. The van der Waals surface area contributed by atoms with Crippen LogP contribution >= 0.6 is 0 Å². The number of unbranched alkanes of at least 4 members (excludes halogenated alkanes) is 10. The molecular formula is C32H56O4. The van der Waals surface area contributed by atoms with E-state index in [0.29, 0.717) is 24.4 Å². The summed E-state index contributed by atoms with van der Waals surface area (Å²) < 4.78 is 11.7. The molecule has 2 aliphatic carbocycles. The Hall–Kier alpha value is -1.32. The summed E-state index contributed by atoms with van der Waals surface area (Å²) in [4.78, 5) is 27.1. The molecule has 4 nitrogen and oxygen atoms in total. The first-order chi connectivity index (χ1) is 17.7. The SMILES string of the molecule is CCCCCCCCOC(=O)/C(=C(\C(=O)OCCCCCCCC)C1CCCCC1)C1CCCCC1. The summed E-state index contributed by atoms with van der Waals surface area (Å²) in [5, 5.41) is 0. The largest absolute Gasteiger partial charge is 0.462 e. The highest BCUT2D eigenvalue weighted by atomic mass is 16.5. The molecule has 2 fully saturated rings. The lowest BCUT2D eigenvalue weighted by molar-refractivity contribution is -0.143. The molecule has 2 saturated carbocycles. The van der Waals surface area contributed by atoms with Gasteiger partial charge in [0.15, 0.2) is 0 Å². The predicted molar refractivity (Wildman–Crippen MR) is 149 cm³/mol. The summed E-state index contributed by atoms with van der Waals surface area (Å²) >= 11 is 0. The van der Waals surface area contributed by atoms with E-state index in [1.165, 1.54) is 64.2 Å². The fourth-order valence-corrected chi connectivity index (χ4v) is 6.03. The maximum absolute atomic E-state index is 13.6. The molecule has 0 aromatic rings. The lowest BCUT2D eigenvalue weighted by Crippen LogP contribution is -2.28. The summed E-state index contributed by atoms with van der Waals surface area (Å²) in [6.07, 6.45) is 24.9. The Balaban J connectivity index is 2.09. The first-order valence-electron chi connectivity index (χ1n) is 15.8. The fraction of sp³-hybridized carbons (Fsp3) is 0.875. The van der Waals surface area contributed by atoms with Crippen molar-refractivity contribution >= 4 is 11.9 Å². The Morgan fingerprint density at radius 2 is 0.833 bits per heavy atom. The van der Waals surface area contributed by atoms with Crippen LogP contribution in [0.2, 0.25) is 0 Å². The first-order valence-corrected chi connectivity index (χ1v) is 15.8. The van der Waals surface area contributed by atoms with E-state index in [0.717, 1.165) is 77.0 Å². The molecule has 0 spiro atoms. The van der Waals surface area contributed by atoms with E-state index in [9.17, 15) is 9.59 Å². The van der Waals surface area contributed by atoms with Gasteiger partial charge in [-0.1, -0.05) is 117 Å². The van der Waals surface area contributed by atoms with Crippen LogP contribution in [0.1, 0.15) is 155 Å². The lowest BCUT2D eigenvalue weighted by Gasteiger charge is -2.30. The molecule has 2 aliphatic rings. The topological polar surface area (TPSA) is 52.6 Å². The molecule has 0 bridgehead atoms. The molecule has 0 aromatic heterocycles. The Bertz CT molecular complexity index is 572. The maximum atomic E-state index is 13.6. The van der Waals surface area contributed by atoms with E-state index in [-0.39, 0.29) is 23.8 Å². The molecule has 0 atom stereocenters. The third kappa shape index (κ3) is 11.8. The van der Waals surface area contributed by atoms with E-state index in [1.807, 2.05) is 0 Å². The summed E-state index contributed by atoms with van der Waals surface area (Å²) in [6.45, 7) is 5.38. The molecule has 0 heterocycles. The molecular weight excluding hydrogens is 448 g/mol. The average Bonchev–Trinajstić information content (AvgIpc) is 2.91. The molecule has 0 saturated heterocycles. The van der Waals surface area contributed by atoms with Gasteiger partial charge in [-0.15, -0.1) is 0 Å². The average molecular weight is 505 g/mol. The van der Waals surface area contributed by atoms with E-state index in [1.54, 1.807) is 0 Å². The second-order valence-corrected chi connectivity index (χ2v) is 11.3. The van der Waals surface area contributed by atoms with Crippen LogP contribution in [0.4, 0.5) is 0 Å². The zero-order valence-corrected chi connectivity index (χ0v) is 23.8. The number of carbonyl (C=O) groups excluding carboxylic acids is 2. The summed E-state index contributed by atoms with van der Waals surface area (Å²) in [7, 11) is 0. The van der Waals surface area contributed by atoms with Crippen LogP contribution in [-0.4, -0.2) is 25.2 Å². The minimum Gasteiger partial charge on any atom is -0.462 e. The third-order valence-electron chi connectivity index (χ3n) is 8.22. The molecule has 36 heavy (non-hydrogen) atoms. The first kappa shape index (κ1) is 30.9. The molecule has 0 aliphatic heterocycles. The third-order valence-corrected chi connectivity index (χ3v) is 8.22. The van der Waals surface area contributed by atoms with Gasteiger partial charge in [0, 0.05) is 0 Å². The van der Waals surface area contributed by atoms with Gasteiger partial charge < -0.3 is 9.47 Å². The molecule has 2 rings (SSSR count). The number of esters is 2. The number of ether oxygens (including phenoxy) is 2. The minimum atomic E-state index is -0.229. The van der Waals surface area contributed by atoms with Gasteiger partial charge in [0.2, 0.25) is 0 Å². The smallest absolute Gasteiger partial charge is 0.334 e. The van der Waals surface area contributed by atoms with Crippen molar-refractivity contribution in [3.05, 3.63) is 11.1 Å². The monoisotopic (exact) mass is 504 g/mol. The second-order valence-electron chi connectivity index (χ2n) is 11.3. The van der Waals surface area contributed by atoms with Crippen LogP contribution in [0.3, 0.4) is 0 Å². The summed E-state index contributed by atoms with van der Waals surface area (Å²) in [5.41, 5.74) is 1.39. The van der Waals surface area contributed by atoms with Gasteiger partial charge in [-0.05, 0) is 50.4 Å². The number of rotatable bonds is 18. The molecule has 208 valence electrons. The van der Waals surface area contributed by atoms with Crippen molar-refractivity contribution in [3.63, 3.8) is 0 Å².